The van der Waals surface area contributed by atoms with Gasteiger partial charge in [-0.3, -0.25) is 4.68 Å². The lowest BCUT2D eigenvalue weighted by Crippen LogP contribution is -2.59. The quantitative estimate of drug-likeness (QED) is 0.740. The number of sulfonamides is 1. The van der Waals surface area contributed by atoms with Gasteiger partial charge >= 0.3 is 0 Å². The smallest absolute Gasteiger partial charge is 0.260 e. The number of nitrogens with zero attached hydrogens (tertiary/aromatic N) is 3. The van der Waals surface area contributed by atoms with E-state index in [1.165, 1.54) is 21.3 Å². The molecule has 8 heteroatoms. The van der Waals surface area contributed by atoms with E-state index in [0.29, 0.717) is 39.4 Å². The topological polar surface area (TPSA) is 73.7 Å². The van der Waals surface area contributed by atoms with Crippen LogP contribution in [-0.2, 0) is 26.5 Å². The first-order valence-corrected chi connectivity index (χ1v) is 7.67. The van der Waals surface area contributed by atoms with Crippen LogP contribution in [0.4, 0.5) is 0 Å². The van der Waals surface area contributed by atoms with Gasteiger partial charge in [0.1, 0.15) is 0 Å². The second-order valence-electron chi connectivity index (χ2n) is 4.95. The zero-order valence-electron chi connectivity index (χ0n) is 10.8. The largest absolute Gasteiger partial charge is 0.379 e. The Balaban J connectivity index is 2.01. The van der Waals surface area contributed by atoms with Gasteiger partial charge in [0.15, 0.2) is 5.03 Å². The van der Waals surface area contributed by atoms with Crippen molar-refractivity contribution in [1.82, 2.24) is 14.1 Å². The minimum atomic E-state index is -3.57. The van der Waals surface area contributed by atoms with Crippen LogP contribution in [-0.4, -0.2) is 61.0 Å². The summed E-state index contributed by atoms with van der Waals surface area (Å²) in [7, 11) is -1.94. The second kappa shape index (κ2) is 4.55. The van der Waals surface area contributed by atoms with E-state index in [2.05, 4.69) is 5.10 Å². The van der Waals surface area contributed by atoms with Gasteiger partial charge in [0.2, 0.25) is 0 Å². The number of hydrogen-bond donors (Lipinski definition) is 0. The number of aromatic nitrogens is 2. The predicted octanol–water partition coefficient (Wildman–Crippen LogP) is -0.400. The van der Waals surface area contributed by atoms with Crippen LogP contribution >= 0.6 is 0 Å². The number of morpholine rings is 1. The maximum absolute atomic E-state index is 12.8. The zero-order chi connectivity index (χ0) is 13.5. The highest BCUT2D eigenvalue weighted by atomic mass is 32.2. The van der Waals surface area contributed by atoms with E-state index < -0.39 is 15.6 Å². The molecule has 0 saturated carbocycles. The van der Waals surface area contributed by atoms with Crippen LogP contribution < -0.4 is 0 Å². The van der Waals surface area contributed by atoms with E-state index >= 15 is 0 Å². The SMILES string of the molecule is Cn1nccc1S(=O)(=O)N1CCOCC12CCOC2. The van der Waals surface area contributed by atoms with Crippen LogP contribution in [0.5, 0.6) is 0 Å². The lowest BCUT2D eigenvalue weighted by atomic mass is 9.99. The van der Waals surface area contributed by atoms with E-state index in [9.17, 15) is 8.42 Å². The lowest BCUT2D eigenvalue weighted by molar-refractivity contribution is -0.0295. The summed E-state index contributed by atoms with van der Waals surface area (Å²) in [5.74, 6) is 0. The summed E-state index contributed by atoms with van der Waals surface area (Å²) in [4.78, 5) is 0. The van der Waals surface area contributed by atoms with E-state index in [-0.39, 0.29) is 5.03 Å². The maximum atomic E-state index is 12.8. The minimum Gasteiger partial charge on any atom is -0.379 e. The Bertz CT molecular complexity index is 562. The third-order valence-electron chi connectivity index (χ3n) is 3.75. The lowest BCUT2D eigenvalue weighted by Gasteiger charge is -2.41. The van der Waals surface area contributed by atoms with Crippen LogP contribution in [0.25, 0.3) is 0 Å². The first kappa shape index (κ1) is 13.0. The molecule has 0 N–H and O–H groups in total. The van der Waals surface area contributed by atoms with Gasteiger partial charge in [-0.15, -0.1) is 0 Å². The van der Waals surface area contributed by atoms with E-state index in [0.717, 1.165) is 0 Å². The van der Waals surface area contributed by atoms with Crippen LogP contribution in [0, 0.1) is 0 Å². The van der Waals surface area contributed by atoms with E-state index in [1.54, 1.807) is 7.05 Å². The number of ether oxygens (including phenoxy) is 2. The monoisotopic (exact) mass is 287 g/mol. The maximum Gasteiger partial charge on any atom is 0.260 e. The molecule has 7 nitrogen and oxygen atoms in total. The molecular formula is C11H17N3O4S. The highest BCUT2D eigenvalue weighted by molar-refractivity contribution is 7.89. The summed E-state index contributed by atoms with van der Waals surface area (Å²) < 4.78 is 39.4. The summed E-state index contributed by atoms with van der Waals surface area (Å²) in [6.07, 6.45) is 2.16. The molecule has 1 aromatic heterocycles. The van der Waals surface area contributed by atoms with Gasteiger partial charge in [-0.1, -0.05) is 0 Å². The third-order valence-corrected chi connectivity index (χ3v) is 5.83. The Labute approximate surface area is 112 Å². The van der Waals surface area contributed by atoms with Crippen molar-refractivity contribution in [3.8, 4) is 0 Å². The van der Waals surface area contributed by atoms with Crippen molar-refractivity contribution < 1.29 is 17.9 Å². The molecule has 0 aromatic carbocycles. The van der Waals surface area contributed by atoms with Crippen LogP contribution in [0.3, 0.4) is 0 Å². The Morgan fingerprint density at radius 3 is 2.63 bits per heavy atom. The van der Waals surface area contributed by atoms with Crippen molar-refractivity contribution in [2.45, 2.75) is 17.0 Å². The molecule has 1 atom stereocenters. The minimum absolute atomic E-state index is 0.209. The Morgan fingerprint density at radius 1 is 1.32 bits per heavy atom. The number of rotatable bonds is 2. The molecule has 3 rings (SSSR count). The van der Waals surface area contributed by atoms with Crippen LogP contribution in [0.1, 0.15) is 6.42 Å². The van der Waals surface area contributed by atoms with Crippen molar-refractivity contribution >= 4 is 10.0 Å². The summed E-state index contributed by atoms with van der Waals surface area (Å²) in [6.45, 7) is 2.13. The molecule has 0 bridgehead atoms. The normalized spacial score (nSPS) is 29.1. The molecule has 0 amide bonds. The first-order chi connectivity index (χ1) is 9.06. The second-order valence-corrected chi connectivity index (χ2v) is 6.76. The molecule has 2 aliphatic rings. The number of aryl methyl sites for hydroxylation is 1. The molecule has 2 fully saturated rings. The molecule has 19 heavy (non-hydrogen) atoms. The summed E-state index contributed by atoms with van der Waals surface area (Å²) >= 11 is 0. The number of hydrogen-bond acceptors (Lipinski definition) is 5. The molecule has 1 aromatic rings. The van der Waals surface area contributed by atoms with Gasteiger partial charge in [0.05, 0.1) is 31.6 Å². The molecular weight excluding hydrogens is 270 g/mol. The van der Waals surface area contributed by atoms with E-state index in [1.807, 2.05) is 0 Å². The Kier molecular flexibility index (Phi) is 3.12. The van der Waals surface area contributed by atoms with Gasteiger partial charge < -0.3 is 9.47 Å². The highest BCUT2D eigenvalue weighted by Crippen LogP contribution is 2.33. The average Bonchev–Trinajstić information content (AvgIpc) is 3.00. The molecule has 0 radical (unpaired) electrons. The molecule has 3 heterocycles. The van der Waals surface area contributed by atoms with Gasteiger partial charge in [0.25, 0.3) is 10.0 Å². The van der Waals surface area contributed by atoms with Crippen LogP contribution in [0.15, 0.2) is 17.3 Å². The fraction of sp³-hybridized carbons (Fsp3) is 0.727. The van der Waals surface area contributed by atoms with Crippen molar-refractivity contribution in [2.24, 2.45) is 7.05 Å². The summed E-state index contributed by atoms with van der Waals surface area (Å²) in [5.41, 5.74) is -0.554. The predicted molar refractivity (Wildman–Crippen MR) is 66.1 cm³/mol. The van der Waals surface area contributed by atoms with Crippen molar-refractivity contribution in [2.75, 3.05) is 33.0 Å². The molecule has 1 unspecified atom stereocenters. The average molecular weight is 287 g/mol. The fourth-order valence-corrected chi connectivity index (χ4v) is 4.59. The molecule has 0 aliphatic carbocycles. The standard InChI is InChI=1S/C11H17N3O4S/c1-13-10(2-4-12-13)19(15,16)14-5-7-18-9-11(14)3-6-17-8-11/h2,4H,3,5-9H2,1H3. The van der Waals surface area contributed by atoms with Gasteiger partial charge in [-0.2, -0.15) is 9.40 Å². The molecule has 2 aliphatic heterocycles. The molecule has 1 spiro atoms. The van der Waals surface area contributed by atoms with Crippen molar-refractivity contribution in [3.63, 3.8) is 0 Å². The van der Waals surface area contributed by atoms with E-state index in [4.69, 9.17) is 9.47 Å². The Hall–Kier alpha value is -0.960. The summed E-state index contributed by atoms with van der Waals surface area (Å²) in [6, 6.07) is 1.52. The summed E-state index contributed by atoms with van der Waals surface area (Å²) in [5, 5.41) is 4.15. The highest BCUT2D eigenvalue weighted by Gasteiger charge is 2.49. The Morgan fingerprint density at radius 2 is 2.05 bits per heavy atom. The van der Waals surface area contributed by atoms with Crippen molar-refractivity contribution in [1.29, 1.82) is 0 Å². The first-order valence-electron chi connectivity index (χ1n) is 6.23. The third kappa shape index (κ3) is 1.99. The molecule has 2 saturated heterocycles. The zero-order valence-corrected chi connectivity index (χ0v) is 11.6. The van der Waals surface area contributed by atoms with Gasteiger partial charge in [0, 0.05) is 20.2 Å². The van der Waals surface area contributed by atoms with Gasteiger partial charge in [-0.25, -0.2) is 8.42 Å². The fourth-order valence-electron chi connectivity index (χ4n) is 2.73. The van der Waals surface area contributed by atoms with Crippen LogP contribution in [0.2, 0.25) is 0 Å². The van der Waals surface area contributed by atoms with Gasteiger partial charge in [-0.05, 0) is 12.5 Å². The van der Waals surface area contributed by atoms with Crippen molar-refractivity contribution in [3.05, 3.63) is 12.3 Å². The molecule has 106 valence electrons.